The Balaban J connectivity index is 1.65. The minimum Gasteiger partial charge on any atom is -0.317 e. The van der Waals surface area contributed by atoms with Crippen molar-refractivity contribution in [3.8, 4) is 0 Å². The zero-order valence-electron chi connectivity index (χ0n) is 8.98. The Hall–Kier alpha value is -0.620. The van der Waals surface area contributed by atoms with Crippen molar-refractivity contribution in [3.05, 3.63) is 0 Å². The van der Waals surface area contributed by atoms with Gasteiger partial charge >= 0.3 is 0 Å². The molecule has 3 aliphatic rings. The quantitative estimate of drug-likeness (QED) is 0.712. The third-order valence-electron chi connectivity index (χ3n) is 3.87. The van der Waals surface area contributed by atoms with Gasteiger partial charge in [0.2, 0.25) is 10.0 Å². The van der Waals surface area contributed by atoms with Crippen molar-refractivity contribution in [2.45, 2.75) is 42.9 Å². The van der Waals surface area contributed by atoms with E-state index < -0.39 is 21.5 Å². The summed E-state index contributed by atoms with van der Waals surface area (Å²) in [5, 5.41) is -0.363. The molecule has 1 amide bonds. The topological polar surface area (TPSA) is 89.3 Å². The minimum absolute atomic E-state index is 0.210. The van der Waals surface area contributed by atoms with E-state index in [9.17, 15) is 13.2 Å². The number of nitrogens with one attached hydrogen (secondary N) is 1. The highest BCUT2D eigenvalue weighted by atomic mass is 32.2. The first kappa shape index (κ1) is 10.5. The predicted molar refractivity (Wildman–Crippen MR) is 57.8 cm³/mol. The Bertz CT molecular complexity index is 439. The maximum atomic E-state index is 11.8. The van der Waals surface area contributed by atoms with Crippen molar-refractivity contribution in [1.29, 1.82) is 0 Å². The van der Waals surface area contributed by atoms with Gasteiger partial charge in [0.15, 0.2) is 0 Å². The summed E-state index contributed by atoms with van der Waals surface area (Å²) in [6.45, 7) is 0. The lowest BCUT2D eigenvalue weighted by atomic mass is 10.1. The second-order valence-corrected chi connectivity index (χ2v) is 7.32. The Morgan fingerprint density at radius 2 is 1.88 bits per heavy atom. The Labute approximate surface area is 94.8 Å². The van der Waals surface area contributed by atoms with E-state index in [0.29, 0.717) is 25.2 Å². The summed E-state index contributed by atoms with van der Waals surface area (Å²) in [7, 11) is -3.44. The highest BCUT2D eigenvalue weighted by molar-refractivity contribution is 7.90. The van der Waals surface area contributed by atoms with Crippen molar-refractivity contribution in [3.63, 3.8) is 0 Å². The molecule has 1 unspecified atom stereocenters. The van der Waals surface area contributed by atoms with Crippen LogP contribution in [0, 0.1) is 11.8 Å². The zero-order chi connectivity index (χ0) is 11.6. The summed E-state index contributed by atoms with van der Waals surface area (Å²) in [6, 6.07) is 0. The lowest BCUT2D eigenvalue weighted by Crippen LogP contribution is -2.47. The fourth-order valence-electron chi connectivity index (χ4n) is 2.34. The number of amides is 1. The van der Waals surface area contributed by atoms with E-state index in [4.69, 9.17) is 5.73 Å². The summed E-state index contributed by atoms with van der Waals surface area (Å²) in [4.78, 5) is 11.8. The first-order valence-corrected chi connectivity index (χ1v) is 7.33. The number of hydrogen-bond acceptors (Lipinski definition) is 4. The number of rotatable bonds is 4. The first-order valence-electron chi connectivity index (χ1n) is 5.78. The van der Waals surface area contributed by atoms with Crippen LogP contribution in [0.15, 0.2) is 0 Å². The summed E-state index contributed by atoms with van der Waals surface area (Å²) in [5.74, 6) is 0.276. The van der Waals surface area contributed by atoms with Gasteiger partial charge in [-0.25, -0.2) is 8.42 Å². The van der Waals surface area contributed by atoms with Gasteiger partial charge in [-0.1, -0.05) is 0 Å². The number of carbonyl (C=O) groups excluding carboxylic acids is 1. The molecule has 5 nitrogen and oxygen atoms in total. The second-order valence-electron chi connectivity index (χ2n) is 5.36. The van der Waals surface area contributed by atoms with E-state index in [1.54, 1.807) is 0 Å². The molecule has 3 N–H and O–H groups in total. The number of nitrogens with two attached hydrogens (primary N) is 1. The van der Waals surface area contributed by atoms with E-state index >= 15 is 0 Å². The molecule has 0 aliphatic heterocycles. The maximum absolute atomic E-state index is 11.8. The fourth-order valence-corrected chi connectivity index (χ4v) is 3.71. The molecule has 0 aromatic heterocycles. The van der Waals surface area contributed by atoms with Gasteiger partial charge in [0.05, 0.1) is 10.8 Å². The van der Waals surface area contributed by atoms with Gasteiger partial charge in [-0.2, -0.15) is 0 Å². The van der Waals surface area contributed by atoms with Gasteiger partial charge in [0.25, 0.3) is 5.91 Å². The molecule has 3 rings (SSSR count). The molecule has 0 aromatic rings. The smallest absolute Gasteiger partial charge is 0.253 e. The van der Waals surface area contributed by atoms with Crippen molar-refractivity contribution in [1.82, 2.24) is 4.72 Å². The highest BCUT2D eigenvalue weighted by Crippen LogP contribution is 2.55. The molecule has 0 heterocycles. The Morgan fingerprint density at radius 3 is 2.38 bits per heavy atom. The van der Waals surface area contributed by atoms with E-state index in [-0.39, 0.29) is 11.2 Å². The normalized spacial score (nSPS) is 38.2. The van der Waals surface area contributed by atoms with Crippen LogP contribution in [0.25, 0.3) is 0 Å². The molecule has 2 atom stereocenters. The molecule has 16 heavy (non-hydrogen) atoms. The molecule has 90 valence electrons. The molecule has 3 fully saturated rings. The fraction of sp³-hybridized carbons (Fsp3) is 0.900. The number of carbonyl (C=O) groups is 1. The molecular formula is C10H16N2O3S. The predicted octanol–water partition coefficient (Wildman–Crippen LogP) is -0.278. The van der Waals surface area contributed by atoms with E-state index in [1.807, 2.05) is 0 Å². The van der Waals surface area contributed by atoms with Crippen LogP contribution < -0.4 is 10.5 Å². The summed E-state index contributed by atoms with van der Waals surface area (Å²) in [5.41, 5.74) is 5.03. The number of sulfonamides is 1. The average Bonchev–Trinajstić information content (AvgIpc) is 3.03. The van der Waals surface area contributed by atoms with Crippen molar-refractivity contribution in [2.24, 2.45) is 17.6 Å². The van der Waals surface area contributed by atoms with E-state index in [0.717, 1.165) is 12.8 Å². The van der Waals surface area contributed by atoms with Crippen LogP contribution in [-0.2, 0) is 14.8 Å². The summed E-state index contributed by atoms with van der Waals surface area (Å²) in [6.07, 6.45) is 4.22. The van der Waals surface area contributed by atoms with Gasteiger partial charge in [0, 0.05) is 0 Å². The first-order chi connectivity index (χ1) is 7.43. The molecule has 6 heteroatoms. The minimum atomic E-state index is -3.44. The lowest BCUT2D eigenvalue weighted by Gasteiger charge is -2.12. The molecule has 3 aliphatic carbocycles. The van der Waals surface area contributed by atoms with E-state index in [2.05, 4.69) is 4.72 Å². The largest absolute Gasteiger partial charge is 0.317 e. The third kappa shape index (κ3) is 1.64. The zero-order valence-corrected chi connectivity index (χ0v) is 9.79. The molecule has 0 radical (unpaired) electrons. The lowest BCUT2D eigenvalue weighted by molar-refractivity contribution is -0.121. The van der Waals surface area contributed by atoms with Gasteiger partial charge < -0.3 is 5.73 Å². The summed E-state index contributed by atoms with van der Waals surface area (Å²) < 4.78 is 25.3. The summed E-state index contributed by atoms with van der Waals surface area (Å²) >= 11 is 0. The third-order valence-corrected chi connectivity index (χ3v) is 5.69. The molecule has 0 spiro atoms. The van der Waals surface area contributed by atoms with Gasteiger partial charge in [-0.05, 0) is 43.9 Å². The van der Waals surface area contributed by atoms with Crippen molar-refractivity contribution in [2.75, 3.05) is 0 Å². The van der Waals surface area contributed by atoms with Crippen LogP contribution in [0.3, 0.4) is 0 Å². The van der Waals surface area contributed by atoms with Crippen LogP contribution in [0.2, 0.25) is 0 Å². The van der Waals surface area contributed by atoms with Crippen LogP contribution in [-0.4, -0.2) is 25.1 Å². The molecule has 0 aromatic carbocycles. The van der Waals surface area contributed by atoms with Crippen LogP contribution in [0.4, 0.5) is 0 Å². The van der Waals surface area contributed by atoms with Crippen LogP contribution >= 0.6 is 0 Å². The molecule has 0 bridgehead atoms. The maximum Gasteiger partial charge on any atom is 0.253 e. The molecule has 0 saturated heterocycles. The standard InChI is InChI=1S/C10H16N2O3S/c11-10(5-8(10)6-1-2-6)9(13)12-16(14,15)7-3-4-7/h6-8H,1-5,11H2,(H,12,13)/t8-,10?/m0/s1. The van der Waals surface area contributed by atoms with Gasteiger partial charge in [0.1, 0.15) is 0 Å². The Kier molecular flexibility index (Phi) is 1.96. The van der Waals surface area contributed by atoms with Crippen molar-refractivity contribution < 1.29 is 13.2 Å². The molecule has 3 saturated carbocycles. The average molecular weight is 244 g/mol. The monoisotopic (exact) mass is 244 g/mol. The van der Waals surface area contributed by atoms with Crippen LogP contribution in [0.5, 0.6) is 0 Å². The van der Waals surface area contributed by atoms with Crippen molar-refractivity contribution >= 4 is 15.9 Å². The van der Waals surface area contributed by atoms with Gasteiger partial charge in [-0.15, -0.1) is 0 Å². The van der Waals surface area contributed by atoms with Crippen LogP contribution in [0.1, 0.15) is 32.1 Å². The molecular weight excluding hydrogens is 228 g/mol. The second kappa shape index (κ2) is 2.98. The Morgan fingerprint density at radius 1 is 1.25 bits per heavy atom. The van der Waals surface area contributed by atoms with E-state index in [1.165, 1.54) is 0 Å². The SMILES string of the molecule is NC1(C(=O)NS(=O)(=O)C2CC2)C[C@H]1C1CC1. The highest BCUT2D eigenvalue weighted by Gasteiger charge is 2.63. The number of hydrogen-bond donors (Lipinski definition) is 2. The van der Waals surface area contributed by atoms with Gasteiger partial charge in [-0.3, -0.25) is 9.52 Å².